The van der Waals surface area contributed by atoms with E-state index in [2.05, 4.69) is 4.98 Å². The Kier molecular flexibility index (Phi) is 13.6. The number of carbonyl (C=O) groups is 1. The van der Waals surface area contributed by atoms with E-state index in [4.69, 9.17) is 24.8 Å². The molecule has 3 aromatic carbocycles. The van der Waals surface area contributed by atoms with Crippen molar-refractivity contribution in [2.75, 3.05) is 13.7 Å². The number of aliphatic hydroxyl groups is 1. The van der Waals surface area contributed by atoms with Gasteiger partial charge in [0.05, 0.1) is 40.5 Å². The first-order valence-electron chi connectivity index (χ1n) is 15.4. The molecule has 0 aliphatic carbocycles. The zero-order chi connectivity index (χ0) is 34.5. The van der Waals surface area contributed by atoms with Crippen LogP contribution >= 0.6 is 0 Å². The highest BCUT2D eigenvalue weighted by atomic mass is 19.1. The number of imidazole rings is 1. The summed E-state index contributed by atoms with van der Waals surface area (Å²) in [5.74, 6) is -0.298. The fourth-order valence-electron chi connectivity index (χ4n) is 4.64. The van der Waals surface area contributed by atoms with Crippen LogP contribution in [0.3, 0.4) is 0 Å². The lowest BCUT2D eigenvalue weighted by Crippen LogP contribution is -2.09. The lowest BCUT2D eigenvalue weighted by molar-refractivity contribution is 0.0697. The van der Waals surface area contributed by atoms with Gasteiger partial charge in [-0.15, -0.1) is 0 Å². The molecule has 0 spiro atoms. The van der Waals surface area contributed by atoms with E-state index >= 15 is 0 Å². The lowest BCUT2D eigenvalue weighted by Gasteiger charge is -2.12. The molecule has 0 fully saturated rings. The molecule has 0 saturated heterocycles. The molecule has 0 atom stereocenters. The summed E-state index contributed by atoms with van der Waals surface area (Å²) < 4.78 is 27.3. The van der Waals surface area contributed by atoms with Crippen LogP contribution in [0.25, 0.3) is 22.3 Å². The van der Waals surface area contributed by atoms with Crippen molar-refractivity contribution >= 4 is 17.0 Å². The average molecular weight is 641 g/mol. The van der Waals surface area contributed by atoms with Gasteiger partial charge in [-0.3, -0.25) is 0 Å². The molecule has 2 heterocycles. The Morgan fingerprint density at radius 3 is 2.38 bits per heavy atom. The van der Waals surface area contributed by atoms with Gasteiger partial charge in [0.2, 0.25) is 5.88 Å². The van der Waals surface area contributed by atoms with Gasteiger partial charge < -0.3 is 24.3 Å². The maximum Gasteiger partial charge on any atom is 0.335 e. The second kappa shape index (κ2) is 17.5. The molecule has 47 heavy (non-hydrogen) atoms. The Morgan fingerprint density at radius 2 is 1.74 bits per heavy atom. The van der Waals surface area contributed by atoms with Gasteiger partial charge >= 0.3 is 5.97 Å². The first-order chi connectivity index (χ1) is 22.6. The largest absolute Gasteiger partial charge is 0.478 e. The Labute approximate surface area is 274 Å². The second-order valence-electron chi connectivity index (χ2n) is 10.7. The number of halogens is 1. The molecule has 0 aliphatic heterocycles. The SMILES string of the molecule is CC.CC(C)O.COCCn1c(Cc2ccc(-c3cccc(OCc4ccc(C#N)cc4F)n3)cc2C)nc2ccc(C(=O)O)cc21. The predicted molar refractivity (Wildman–Crippen MR) is 180 cm³/mol. The minimum absolute atomic E-state index is 0.00993. The highest BCUT2D eigenvalue weighted by Crippen LogP contribution is 2.26. The number of aryl methyl sites for hydroxylation is 1. The van der Waals surface area contributed by atoms with Gasteiger partial charge in [0.1, 0.15) is 18.2 Å². The van der Waals surface area contributed by atoms with E-state index in [0.717, 1.165) is 33.5 Å². The van der Waals surface area contributed by atoms with E-state index in [1.807, 2.05) is 61.7 Å². The molecular formula is C37H41FN4O5. The third kappa shape index (κ3) is 9.94. The monoisotopic (exact) mass is 640 g/mol. The minimum atomic E-state index is -0.983. The van der Waals surface area contributed by atoms with E-state index in [1.54, 1.807) is 51.3 Å². The molecule has 2 aromatic heterocycles. The number of ether oxygens (including phenoxy) is 2. The first kappa shape index (κ1) is 36.4. The van der Waals surface area contributed by atoms with Crippen molar-refractivity contribution in [1.29, 1.82) is 5.26 Å². The Hall–Kier alpha value is -5.11. The van der Waals surface area contributed by atoms with Crippen molar-refractivity contribution in [3.63, 3.8) is 0 Å². The highest BCUT2D eigenvalue weighted by Gasteiger charge is 2.15. The number of carboxylic acids is 1. The topological polar surface area (TPSA) is 130 Å². The molecule has 0 amide bonds. The summed E-state index contributed by atoms with van der Waals surface area (Å²) in [5, 5.41) is 26.4. The van der Waals surface area contributed by atoms with Crippen LogP contribution in [0.2, 0.25) is 0 Å². The number of benzene rings is 3. The quantitative estimate of drug-likeness (QED) is 0.162. The van der Waals surface area contributed by atoms with E-state index in [9.17, 15) is 14.3 Å². The van der Waals surface area contributed by atoms with Crippen LogP contribution in [-0.2, 0) is 24.3 Å². The number of aliphatic hydroxyl groups excluding tert-OH is 1. The van der Waals surface area contributed by atoms with Gasteiger partial charge in [-0.1, -0.05) is 38.1 Å². The van der Waals surface area contributed by atoms with E-state index in [1.165, 1.54) is 12.1 Å². The third-order valence-corrected chi connectivity index (χ3v) is 6.86. The number of nitriles is 1. The van der Waals surface area contributed by atoms with Gasteiger partial charge in [0.25, 0.3) is 0 Å². The molecule has 5 aromatic rings. The molecule has 246 valence electrons. The maximum atomic E-state index is 14.2. The maximum absolute atomic E-state index is 14.2. The van der Waals surface area contributed by atoms with Crippen molar-refractivity contribution in [2.45, 2.75) is 60.3 Å². The molecule has 0 radical (unpaired) electrons. The number of aromatic carboxylic acids is 1. The predicted octanol–water partition coefficient (Wildman–Crippen LogP) is 7.35. The molecule has 5 rings (SSSR count). The summed E-state index contributed by atoms with van der Waals surface area (Å²) in [7, 11) is 1.63. The van der Waals surface area contributed by atoms with Crippen LogP contribution < -0.4 is 4.74 Å². The Morgan fingerprint density at radius 1 is 1.02 bits per heavy atom. The van der Waals surface area contributed by atoms with E-state index < -0.39 is 11.8 Å². The van der Waals surface area contributed by atoms with Crippen LogP contribution in [0.5, 0.6) is 5.88 Å². The van der Waals surface area contributed by atoms with Crippen LogP contribution in [0.1, 0.15) is 66.1 Å². The molecular weight excluding hydrogens is 599 g/mol. The third-order valence-electron chi connectivity index (χ3n) is 6.86. The van der Waals surface area contributed by atoms with Crippen molar-refractivity contribution in [2.24, 2.45) is 0 Å². The smallest absolute Gasteiger partial charge is 0.335 e. The van der Waals surface area contributed by atoms with E-state index in [0.29, 0.717) is 36.7 Å². The lowest BCUT2D eigenvalue weighted by atomic mass is 10.0. The fraction of sp³-hybridized carbons (Fsp3) is 0.297. The molecule has 10 heteroatoms. The zero-order valence-corrected chi connectivity index (χ0v) is 27.6. The molecule has 0 aliphatic rings. The van der Waals surface area contributed by atoms with Crippen molar-refractivity contribution < 1.29 is 28.9 Å². The molecule has 9 nitrogen and oxygen atoms in total. The Balaban J connectivity index is 0.000000930. The molecule has 0 saturated carbocycles. The standard InChI is InChI=1S/C32H27FN4O4.C3H8O.C2H6/c1-20-14-23(27-4-3-5-31(36-27)41-19-25-7-6-21(18-34)15-26(25)33)9-8-22(20)17-30-35-28-11-10-24(32(38)39)16-29(28)37(30)12-13-40-2;1-3(2)4;1-2/h3-11,14-16H,12-13,17,19H2,1-2H3,(H,38,39);3-4H,1-2H3;1-2H3. The van der Waals surface area contributed by atoms with Crippen molar-refractivity contribution in [1.82, 2.24) is 14.5 Å². The number of rotatable bonds is 10. The normalized spacial score (nSPS) is 10.5. The van der Waals surface area contributed by atoms with Gasteiger partial charge in [-0.05, 0) is 74.4 Å². The highest BCUT2D eigenvalue weighted by molar-refractivity contribution is 5.92. The molecule has 0 bridgehead atoms. The minimum Gasteiger partial charge on any atom is -0.478 e. The summed E-state index contributed by atoms with van der Waals surface area (Å²) in [6.45, 7) is 10.5. The van der Waals surface area contributed by atoms with Crippen LogP contribution in [-0.4, -0.2) is 50.5 Å². The van der Waals surface area contributed by atoms with Gasteiger partial charge in [0.15, 0.2) is 0 Å². The number of methoxy groups -OCH3 is 1. The summed E-state index contributed by atoms with van der Waals surface area (Å²) in [6.07, 6.45) is 0.389. The summed E-state index contributed by atoms with van der Waals surface area (Å²) in [6, 6.07) is 22.6. The van der Waals surface area contributed by atoms with Gasteiger partial charge in [-0.25, -0.2) is 19.2 Å². The zero-order valence-electron chi connectivity index (χ0n) is 27.6. The summed E-state index contributed by atoms with van der Waals surface area (Å²) in [5.41, 5.74) is 6.04. The average Bonchev–Trinajstić information content (AvgIpc) is 3.40. The number of hydrogen-bond donors (Lipinski definition) is 2. The first-order valence-corrected chi connectivity index (χ1v) is 15.4. The summed E-state index contributed by atoms with van der Waals surface area (Å²) in [4.78, 5) is 20.9. The van der Waals surface area contributed by atoms with Crippen molar-refractivity contribution in [3.05, 3.63) is 112 Å². The van der Waals surface area contributed by atoms with Crippen molar-refractivity contribution in [3.8, 4) is 23.2 Å². The van der Waals surface area contributed by atoms with E-state index in [-0.39, 0.29) is 23.8 Å². The van der Waals surface area contributed by atoms with Crippen LogP contribution in [0, 0.1) is 24.1 Å². The number of nitrogens with zero attached hydrogens (tertiary/aromatic N) is 4. The number of carboxylic acid groups (broad SMARTS) is 1. The number of pyridine rings is 1. The number of hydrogen-bond acceptors (Lipinski definition) is 7. The van der Waals surface area contributed by atoms with Gasteiger partial charge in [0, 0.05) is 43.4 Å². The number of fused-ring (bicyclic) bond motifs is 1. The van der Waals surface area contributed by atoms with Crippen LogP contribution in [0.15, 0.2) is 72.8 Å². The van der Waals surface area contributed by atoms with Crippen LogP contribution in [0.4, 0.5) is 4.39 Å². The second-order valence-corrected chi connectivity index (χ2v) is 10.7. The molecule has 0 unspecified atom stereocenters. The fourth-order valence-corrected chi connectivity index (χ4v) is 4.64. The summed E-state index contributed by atoms with van der Waals surface area (Å²) >= 11 is 0. The Bertz CT molecular complexity index is 1840. The van der Waals surface area contributed by atoms with Gasteiger partial charge in [-0.2, -0.15) is 5.26 Å². The number of aromatic nitrogens is 3. The molecule has 2 N–H and O–H groups in total.